The van der Waals surface area contributed by atoms with Gasteiger partial charge in [0.2, 0.25) is 17.7 Å². The average molecular weight is 520 g/mol. The molecular weight excluding hydrogens is 496 g/mol. The van der Waals surface area contributed by atoms with Gasteiger partial charge in [0, 0.05) is 30.1 Å². The van der Waals surface area contributed by atoms with Crippen LogP contribution in [0.25, 0.3) is 0 Å². The molecule has 4 N–H and O–H groups in total. The van der Waals surface area contributed by atoms with Gasteiger partial charge in [-0.05, 0) is 47.5 Å². The number of rotatable bonds is 10. The monoisotopic (exact) mass is 519 g/mol. The maximum Gasteiger partial charge on any atom is 0.233 e. The molecule has 194 valence electrons. The van der Waals surface area contributed by atoms with Crippen molar-refractivity contribution >= 4 is 29.0 Å². The van der Waals surface area contributed by atoms with Crippen molar-refractivity contribution in [2.75, 3.05) is 16.0 Å². The van der Waals surface area contributed by atoms with Crippen molar-refractivity contribution < 1.29 is 28.2 Å². The van der Waals surface area contributed by atoms with Crippen LogP contribution in [0.1, 0.15) is 17.5 Å². The van der Waals surface area contributed by atoms with Gasteiger partial charge in [0.25, 0.3) is 0 Å². The summed E-state index contributed by atoms with van der Waals surface area (Å²) in [6.45, 7) is 0.438. The minimum Gasteiger partial charge on any atom is -0.436 e. The van der Waals surface area contributed by atoms with Gasteiger partial charge in [-0.25, -0.2) is 18.7 Å². The second-order valence-electron chi connectivity index (χ2n) is 8.10. The second kappa shape index (κ2) is 12.4. The predicted molar refractivity (Wildman–Crippen MR) is 136 cm³/mol. The zero-order valence-electron chi connectivity index (χ0n) is 19.9. The topological polar surface area (TPSA) is 125 Å². The molecule has 0 saturated carbocycles. The highest BCUT2D eigenvalue weighted by Crippen LogP contribution is 2.26. The third-order valence-corrected chi connectivity index (χ3v) is 5.20. The van der Waals surface area contributed by atoms with Crippen molar-refractivity contribution in [1.82, 2.24) is 9.97 Å². The molecule has 0 fully saturated rings. The molecule has 38 heavy (non-hydrogen) atoms. The van der Waals surface area contributed by atoms with E-state index in [0.717, 1.165) is 17.2 Å². The van der Waals surface area contributed by atoms with E-state index in [9.17, 15) is 18.4 Å². The lowest BCUT2D eigenvalue weighted by Crippen LogP contribution is -2.21. The van der Waals surface area contributed by atoms with Crippen molar-refractivity contribution in [2.24, 2.45) is 0 Å². The Morgan fingerprint density at radius 3 is 2.16 bits per heavy atom. The summed E-state index contributed by atoms with van der Waals surface area (Å²) < 4.78 is 33.1. The molecule has 4 rings (SSSR count). The molecule has 0 atom stereocenters. The Hall–Kier alpha value is -4.90. The fraction of sp³-hybridized carbons (Fsp3) is 0.111. The summed E-state index contributed by atoms with van der Waals surface area (Å²) in [5.41, 5.74) is 2.26. The van der Waals surface area contributed by atoms with Crippen LogP contribution in [-0.2, 0) is 22.7 Å². The van der Waals surface area contributed by atoms with Gasteiger partial charge in [-0.3, -0.25) is 9.59 Å². The minimum atomic E-state index is -0.754. The Bertz CT molecular complexity index is 1420. The summed E-state index contributed by atoms with van der Waals surface area (Å²) in [4.78, 5) is 32.3. The summed E-state index contributed by atoms with van der Waals surface area (Å²) in [7, 11) is 0. The van der Waals surface area contributed by atoms with E-state index in [2.05, 4.69) is 25.9 Å². The number of anilines is 3. The zero-order valence-corrected chi connectivity index (χ0v) is 19.9. The van der Waals surface area contributed by atoms with Crippen molar-refractivity contribution in [2.45, 2.75) is 19.6 Å². The number of halogens is 2. The van der Waals surface area contributed by atoms with Crippen LogP contribution >= 0.6 is 0 Å². The molecule has 0 aliphatic carbocycles. The smallest absolute Gasteiger partial charge is 0.233 e. The molecule has 0 radical (unpaired) electrons. The maximum atomic E-state index is 14.6. The number of aliphatic hydroxyl groups excluding tert-OH is 1. The lowest BCUT2D eigenvalue weighted by molar-refractivity contribution is -0.123. The Morgan fingerprint density at radius 2 is 1.47 bits per heavy atom. The summed E-state index contributed by atoms with van der Waals surface area (Å²) in [5, 5.41) is 17.2. The summed E-state index contributed by atoms with van der Waals surface area (Å²) in [6.07, 6.45) is 0.759. The number of amides is 2. The summed E-state index contributed by atoms with van der Waals surface area (Å²) in [6, 6.07) is 17.8. The van der Waals surface area contributed by atoms with Crippen molar-refractivity contribution in [1.29, 1.82) is 0 Å². The SMILES string of the molecule is O=C(CC(=O)Nc1ccc(Oc2cc(NCc3ccc(CO)cc3)ncn2)c(F)c1)Nc1ccc(F)cc1. The number of hydrogen-bond acceptors (Lipinski definition) is 7. The largest absolute Gasteiger partial charge is 0.436 e. The fourth-order valence-corrected chi connectivity index (χ4v) is 3.31. The van der Waals surface area contributed by atoms with Gasteiger partial charge in [-0.1, -0.05) is 24.3 Å². The molecule has 3 aromatic carbocycles. The predicted octanol–water partition coefficient (Wildman–Crippen LogP) is 4.62. The third-order valence-electron chi connectivity index (χ3n) is 5.20. The molecular formula is C27H23F2N5O4. The van der Waals surface area contributed by atoms with E-state index in [1.165, 1.54) is 48.8 Å². The summed E-state index contributed by atoms with van der Waals surface area (Å²) in [5.74, 6) is -2.03. The molecule has 0 aliphatic rings. The first kappa shape index (κ1) is 26.2. The first-order valence-corrected chi connectivity index (χ1v) is 11.5. The van der Waals surface area contributed by atoms with Crippen molar-refractivity contribution in [3.8, 4) is 11.6 Å². The molecule has 4 aromatic rings. The van der Waals surface area contributed by atoms with Gasteiger partial charge in [-0.15, -0.1) is 0 Å². The number of hydrogen-bond donors (Lipinski definition) is 4. The van der Waals surface area contributed by atoms with Crippen LogP contribution in [-0.4, -0.2) is 26.9 Å². The number of nitrogens with zero attached hydrogens (tertiary/aromatic N) is 2. The van der Waals surface area contributed by atoms with Gasteiger partial charge in [0.15, 0.2) is 11.6 Å². The van der Waals surface area contributed by atoms with Crippen LogP contribution in [0.4, 0.5) is 26.0 Å². The highest BCUT2D eigenvalue weighted by Gasteiger charge is 2.13. The summed E-state index contributed by atoms with van der Waals surface area (Å²) >= 11 is 0. The molecule has 9 nitrogen and oxygen atoms in total. The van der Waals surface area contributed by atoms with Gasteiger partial charge in [0.1, 0.15) is 24.4 Å². The Kier molecular flexibility index (Phi) is 8.52. The van der Waals surface area contributed by atoms with Crippen LogP contribution in [0.3, 0.4) is 0 Å². The lowest BCUT2D eigenvalue weighted by atomic mass is 10.1. The third kappa shape index (κ3) is 7.55. The maximum absolute atomic E-state index is 14.6. The Labute approximate surface area is 216 Å². The van der Waals surface area contributed by atoms with E-state index in [4.69, 9.17) is 9.84 Å². The first-order chi connectivity index (χ1) is 18.4. The van der Waals surface area contributed by atoms with Gasteiger partial charge < -0.3 is 25.8 Å². The Balaban J connectivity index is 1.30. The van der Waals surface area contributed by atoms with Gasteiger partial charge >= 0.3 is 0 Å². The second-order valence-corrected chi connectivity index (χ2v) is 8.10. The highest BCUT2D eigenvalue weighted by atomic mass is 19.1. The molecule has 0 unspecified atom stereocenters. The number of carbonyl (C=O) groups excluding carboxylic acids is 2. The van der Waals surface area contributed by atoms with Gasteiger partial charge in [0.05, 0.1) is 6.61 Å². The highest BCUT2D eigenvalue weighted by molar-refractivity contribution is 6.08. The molecule has 0 bridgehead atoms. The standard InChI is InChI=1S/C27H23F2N5O4/c28-19-5-7-20(8-6-19)33-25(36)13-26(37)34-21-9-10-23(22(29)11-21)38-27-12-24(31-16-32-27)30-14-17-1-3-18(15-35)4-2-17/h1-12,16,35H,13-15H2,(H,33,36)(H,34,37)(H,30,31,32). The van der Waals surface area contributed by atoms with Gasteiger partial charge in [-0.2, -0.15) is 0 Å². The molecule has 0 aliphatic heterocycles. The number of ether oxygens (including phenoxy) is 1. The zero-order chi connectivity index (χ0) is 26.9. The van der Waals surface area contributed by atoms with E-state index in [1.807, 2.05) is 24.3 Å². The van der Waals surface area contributed by atoms with E-state index < -0.39 is 29.9 Å². The van der Waals surface area contributed by atoms with E-state index in [0.29, 0.717) is 18.1 Å². The number of carbonyl (C=O) groups is 2. The quantitative estimate of drug-likeness (QED) is 0.225. The van der Waals surface area contributed by atoms with E-state index >= 15 is 0 Å². The number of aromatic nitrogens is 2. The van der Waals surface area contributed by atoms with E-state index in [1.54, 1.807) is 0 Å². The van der Waals surface area contributed by atoms with Crippen LogP contribution in [0.2, 0.25) is 0 Å². The Morgan fingerprint density at radius 1 is 0.816 bits per heavy atom. The van der Waals surface area contributed by atoms with Crippen LogP contribution in [0, 0.1) is 11.6 Å². The minimum absolute atomic E-state index is 0.0275. The molecule has 1 heterocycles. The molecule has 1 aromatic heterocycles. The molecule has 11 heteroatoms. The van der Waals surface area contributed by atoms with Crippen LogP contribution in [0.15, 0.2) is 79.1 Å². The number of benzene rings is 3. The molecule has 2 amide bonds. The van der Waals surface area contributed by atoms with Crippen molar-refractivity contribution in [3.63, 3.8) is 0 Å². The number of nitrogens with one attached hydrogen (secondary N) is 3. The molecule has 0 spiro atoms. The normalized spacial score (nSPS) is 10.5. The van der Waals surface area contributed by atoms with Crippen molar-refractivity contribution in [3.05, 3.63) is 102 Å². The first-order valence-electron chi connectivity index (χ1n) is 11.5. The molecule has 0 saturated heterocycles. The average Bonchev–Trinajstić information content (AvgIpc) is 2.91. The number of aliphatic hydroxyl groups is 1. The van der Waals surface area contributed by atoms with E-state index in [-0.39, 0.29) is 23.9 Å². The van der Waals surface area contributed by atoms with Crippen LogP contribution in [0.5, 0.6) is 11.6 Å². The lowest BCUT2D eigenvalue weighted by Gasteiger charge is -2.10. The fourth-order valence-electron chi connectivity index (χ4n) is 3.31. The van der Waals surface area contributed by atoms with Crippen LogP contribution < -0.4 is 20.7 Å².